The predicted molar refractivity (Wildman–Crippen MR) is 528 cm³/mol. The maximum absolute atomic E-state index is 14.2. The second kappa shape index (κ2) is 32.9. The lowest BCUT2D eigenvalue weighted by Gasteiger charge is -2.29. The van der Waals surface area contributed by atoms with Crippen LogP contribution >= 0.6 is 0 Å². The SMILES string of the molecule is COc1ccc(-c2ccc3c(c2)c2cc(-c4ccc(C)cc4)ccc2n3-c2c(C#N)c(-n3c4ccc(-c5ccc(CO)cc5)cc4c4cc(-c5ccc(CO)cc5)ccc43)c(-n3c4ccc(-c5ccc(CO)cc5)cc4c4cc(-c5ccc(CO)cc5)ccc43)c(-c3ccc(C#N)nc3)c2-n2c3ccc(-c4ccc(OC)cc4)cc3c3cc(-c4ccc(OC)cc4)ccc32)cc1. The van der Waals surface area contributed by atoms with Gasteiger partial charge in [0.1, 0.15) is 40.6 Å². The molecule has 14 heteroatoms. The first kappa shape index (κ1) is 80.2. The zero-order chi connectivity index (χ0) is 88.8. The highest BCUT2D eigenvalue weighted by atomic mass is 16.5. The Kier molecular flexibility index (Phi) is 20.2. The molecule has 0 atom stereocenters. The van der Waals surface area contributed by atoms with Gasteiger partial charge in [0.15, 0.2) is 0 Å². The Morgan fingerprint density at radius 2 is 0.450 bits per heavy atom. The smallest absolute Gasteiger partial charge is 0.140 e. The van der Waals surface area contributed by atoms with E-state index < -0.39 is 0 Å². The maximum atomic E-state index is 14.2. The lowest BCUT2D eigenvalue weighted by atomic mass is 9.93. The fourth-order valence-corrected chi connectivity index (χ4v) is 19.4. The highest BCUT2D eigenvalue weighted by Gasteiger charge is 2.37. The molecule has 0 aliphatic carbocycles. The van der Waals surface area contributed by atoms with E-state index in [9.17, 15) is 30.9 Å². The number of nitriles is 2. The van der Waals surface area contributed by atoms with Gasteiger partial charge in [0.05, 0.1) is 115 Å². The van der Waals surface area contributed by atoms with E-state index in [0.717, 1.165) is 221 Å². The van der Waals surface area contributed by atoms with Crippen LogP contribution in [-0.2, 0) is 26.4 Å². The Hall–Kier alpha value is -16.7. The van der Waals surface area contributed by atoms with Crippen molar-refractivity contribution in [1.82, 2.24) is 23.3 Å². The standard InChI is InChI=1S/C117H83N7O7/c1-70-5-15-75(16-6-70)83-32-47-105-96(55-83)99-60-88(80-26-41-93(129-2)42-27-80)35-50-108(99)121(105)114-104(64-119)115(122-106-48-33-84(76-17-7-71(66-125)8-18-76)56-97(106)98-57-85(34-49-107(98)122)77-19-9-72(67-126)10-20-77)116(123-109-51-36-86(78-21-11-73(68-127)12-22-78)58-100(109)101-59-87(37-52-110(101)123)79-23-13-74(69-128)14-24-79)113(91-25-40-92(63-118)120-65-91)117(114)124-111-53-38-89(81-28-43-94(130-3)44-29-81)61-102(111)103-62-90(39-54-112(103)124)82-30-45-95(131-4)46-31-82/h5-62,65,125-128H,66-69H2,1-4H3. The van der Waals surface area contributed by atoms with E-state index >= 15 is 0 Å². The van der Waals surface area contributed by atoms with Crippen molar-refractivity contribution in [3.05, 3.63) is 397 Å². The maximum Gasteiger partial charge on any atom is 0.140 e. The molecule has 5 heterocycles. The molecular weight excluding hydrogens is 1620 g/mol. The molecule has 5 aromatic heterocycles. The minimum Gasteiger partial charge on any atom is -0.497 e. The van der Waals surface area contributed by atoms with Crippen LogP contribution < -0.4 is 14.2 Å². The fraction of sp³-hybridized carbons (Fsp3) is 0.0684. The molecule has 0 aliphatic heterocycles. The number of hydrogen-bond acceptors (Lipinski definition) is 10. The highest BCUT2D eigenvalue weighted by Crippen LogP contribution is 2.54. The molecule has 4 N–H and O–H groups in total. The molecule has 0 spiro atoms. The number of aliphatic hydroxyl groups is 4. The number of fused-ring (bicyclic) bond motifs is 12. The summed E-state index contributed by atoms with van der Waals surface area (Å²) < 4.78 is 26.7. The van der Waals surface area contributed by atoms with Gasteiger partial charge in [-0.25, -0.2) is 4.98 Å². The lowest BCUT2D eigenvalue weighted by molar-refractivity contribution is 0.281. The van der Waals surface area contributed by atoms with Gasteiger partial charge in [-0.2, -0.15) is 10.5 Å². The summed E-state index contributed by atoms with van der Waals surface area (Å²) >= 11 is 0. The molecule has 17 aromatic carbocycles. The van der Waals surface area contributed by atoms with Crippen LogP contribution in [0.5, 0.6) is 17.2 Å². The zero-order valence-electron chi connectivity index (χ0n) is 72.0. The van der Waals surface area contributed by atoms with Crippen LogP contribution in [0.3, 0.4) is 0 Å². The first-order valence-electron chi connectivity index (χ1n) is 43.6. The molecule has 0 unspecified atom stereocenters. The summed E-state index contributed by atoms with van der Waals surface area (Å²) in [7, 11) is 5.03. The molecule has 131 heavy (non-hydrogen) atoms. The van der Waals surface area contributed by atoms with E-state index in [2.05, 4.69) is 268 Å². The molecule has 22 rings (SSSR count). The van der Waals surface area contributed by atoms with Gasteiger partial charge in [0, 0.05) is 60.4 Å². The van der Waals surface area contributed by atoms with Crippen molar-refractivity contribution in [3.8, 4) is 152 Å². The highest BCUT2D eigenvalue weighted by molar-refractivity contribution is 6.20. The number of aliphatic hydroxyl groups excluding tert-OH is 4. The van der Waals surface area contributed by atoms with E-state index in [0.29, 0.717) is 39.4 Å². The van der Waals surface area contributed by atoms with Gasteiger partial charge in [0.2, 0.25) is 0 Å². The molecule has 0 saturated heterocycles. The van der Waals surface area contributed by atoms with Crippen LogP contribution in [0.1, 0.15) is 39.1 Å². The van der Waals surface area contributed by atoms with Crippen molar-refractivity contribution in [2.24, 2.45) is 0 Å². The molecular formula is C117H83N7O7. The van der Waals surface area contributed by atoms with Gasteiger partial charge in [-0.05, 0) is 264 Å². The van der Waals surface area contributed by atoms with Crippen LogP contribution in [0.4, 0.5) is 0 Å². The summed E-state index contributed by atoms with van der Waals surface area (Å²) in [6.45, 7) is 1.63. The lowest BCUT2D eigenvalue weighted by Crippen LogP contribution is -2.16. The minimum absolute atomic E-state index is 0.117. The molecule has 0 bridgehead atoms. The molecule has 0 fully saturated rings. The Labute approximate surface area is 754 Å². The number of benzene rings is 17. The third-order valence-corrected chi connectivity index (χ3v) is 26.2. The molecule has 22 aromatic rings. The number of methoxy groups -OCH3 is 3. The second-order valence-corrected chi connectivity index (χ2v) is 33.5. The number of aromatic nitrogens is 5. The van der Waals surface area contributed by atoms with Crippen molar-refractivity contribution < 1.29 is 34.6 Å². The Morgan fingerprint density at radius 1 is 0.244 bits per heavy atom. The van der Waals surface area contributed by atoms with Crippen molar-refractivity contribution >= 4 is 87.2 Å². The molecule has 14 nitrogen and oxygen atoms in total. The van der Waals surface area contributed by atoms with Gasteiger partial charge in [0.25, 0.3) is 0 Å². The summed E-state index contributed by atoms with van der Waals surface area (Å²) in [4.78, 5) is 5.17. The van der Waals surface area contributed by atoms with E-state index in [1.165, 1.54) is 0 Å². The minimum atomic E-state index is -0.117. The largest absolute Gasteiger partial charge is 0.497 e. The first-order chi connectivity index (χ1) is 64.4. The number of hydrogen-bond donors (Lipinski definition) is 4. The van der Waals surface area contributed by atoms with E-state index in [4.69, 9.17) is 19.2 Å². The first-order valence-corrected chi connectivity index (χ1v) is 43.6. The number of pyridine rings is 1. The average molecular weight is 1700 g/mol. The van der Waals surface area contributed by atoms with Crippen LogP contribution in [0.2, 0.25) is 0 Å². The molecule has 0 radical (unpaired) electrons. The zero-order valence-corrected chi connectivity index (χ0v) is 72.0. The average Bonchev–Trinajstić information content (AvgIpc) is 1.54. The van der Waals surface area contributed by atoms with Crippen molar-refractivity contribution in [2.75, 3.05) is 21.3 Å². The number of ether oxygens (including phenoxy) is 3. The van der Waals surface area contributed by atoms with Gasteiger partial charge in [-0.15, -0.1) is 0 Å². The Bertz CT molecular complexity index is 7850. The number of nitrogens with zero attached hydrogens (tertiary/aromatic N) is 7. The van der Waals surface area contributed by atoms with Gasteiger partial charge < -0.3 is 52.9 Å². The summed E-state index contributed by atoms with van der Waals surface area (Å²) in [6.07, 6.45) is 1.82. The van der Waals surface area contributed by atoms with Gasteiger partial charge in [-0.3, -0.25) is 0 Å². The Morgan fingerprint density at radius 3 is 0.649 bits per heavy atom. The van der Waals surface area contributed by atoms with Crippen molar-refractivity contribution in [3.63, 3.8) is 0 Å². The number of rotatable bonds is 20. The third-order valence-electron chi connectivity index (χ3n) is 26.2. The quantitative estimate of drug-likeness (QED) is 0.0572. The molecule has 0 saturated carbocycles. The summed E-state index contributed by atoms with van der Waals surface area (Å²) in [6, 6.07) is 128. The molecule has 0 aliphatic rings. The van der Waals surface area contributed by atoms with Crippen LogP contribution in [0, 0.1) is 29.6 Å². The summed E-state index contributed by atoms with van der Waals surface area (Å²) in [5.41, 5.74) is 29.9. The van der Waals surface area contributed by atoms with E-state index in [-0.39, 0.29) is 32.1 Å². The van der Waals surface area contributed by atoms with Gasteiger partial charge in [-0.1, -0.05) is 212 Å². The van der Waals surface area contributed by atoms with Crippen LogP contribution in [0.25, 0.3) is 210 Å². The van der Waals surface area contributed by atoms with E-state index in [1.807, 2.05) is 121 Å². The predicted octanol–water partition coefficient (Wildman–Crippen LogP) is 26.5. The van der Waals surface area contributed by atoms with Crippen LogP contribution in [0.15, 0.2) is 358 Å². The van der Waals surface area contributed by atoms with Gasteiger partial charge >= 0.3 is 0 Å². The Balaban J connectivity index is 0.992. The van der Waals surface area contributed by atoms with Crippen molar-refractivity contribution in [2.45, 2.75) is 33.4 Å². The molecule has 628 valence electrons. The van der Waals surface area contributed by atoms with Crippen molar-refractivity contribution in [1.29, 1.82) is 10.5 Å². The number of aryl methyl sites for hydroxylation is 1. The third kappa shape index (κ3) is 13.8. The summed E-state index contributed by atoms with van der Waals surface area (Å²) in [5.74, 6) is 2.19. The fourth-order valence-electron chi connectivity index (χ4n) is 19.4. The second-order valence-electron chi connectivity index (χ2n) is 33.5. The topological polar surface area (TPSA) is 189 Å². The monoisotopic (exact) mass is 1700 g/mol. The molecule has 0 amide bonds. The summed E-state index contributed by atoms with van der Waals surface area (Å²) in [5, 5.41) is 74.4. The van der Waals surface area contributed by atoms with Crippen LogP contribution in [-0.4, -0.2) is 65.0 Å². The normalized spacial score (nSPS) is 11.6. The van der Waals surface area contributed by atoms with E-state index in [1.54, 1.807) is 27.4 Å².